The number of hydrogen-bond acceptors (Lipinski definition) is 6. The first kappa shape index (κ1) is 14.7. The number of hydrogen-bond donors (Lipinski definition) is 3. The number of nitrogens with one attached hydrogen (secondary N) is 2. The zero-order valence-electron chi connectivity index (χ0n) is 12.1. The summed E-state index contributed by atoms with van der Waals surface area (Å²) in [7, 11) is 0. The predicted octanol–water partition coefficient (Wildman–Crippen LogP) is 2.78. The van der Waals surface area contributed by atoms with Crippen molar-refractivity contribution in [2.45, 2.75) is 32.6 Å². The van der Waals surface area contributed by atoms with Crippen LogP contribution in [0.3, 0.4) is 0 Å². The molecule has 0 amide bonds. The third-order valence-electron chi connectivity index (χ3n) is 3.14. The van der Waals surface area contributed by atoms with E-state index in [0.29, 0.717) is 5.82 Å². The van der Waals surface area contributed by atoms with Gasteiger partial charge in [-0.05, 0) is 11.4 Å². The van der Waals surface area contributed by atoms with Crippen molar-refractivity contribution in [3.63, 3.8) is 0 Å². The Balaban J connectivity index is 2.10. The fraction of sp³-hybridized carbons (Fsp3) is 0.429. The Morgan fingerprint density at radius 2 is 2.05 bits per heavy atom. The van der Waals surface area contributed by atoms with Gasteiger partial charge in [0.15, 0.2) is 0 Å². The number of aryl methyl sites for hydroxylation is 1. The number of thiophene rings is 1. The Kier molecular flexibility index (Phi) is 4.57. The topological polar surface area (TPSA) is 75.9 Å². The largest absolute Gasteiger partial charge is 0.369 e. The van der Waals surface area contributed by atoms with E-state index in [1.54, 1.807) is 11.3 Å². The van der Waals surface area contributed by atoms with Crippen LogP contribution in [-0.2, 0) is 11.8 Å². The monoisotopic (exact) mass is 291 g/mol. The summed E-state index contributed by atoms with van der Waals surface area (Å²) in [6.07, 6.45) is 0.776. The minimum absolute atomic E-state index is 0.0573. The molecule has 4 N–H and O–H groups in total. The van der Waals surface area contributed by atoms with Gasteiger partial charge in [-0.25, -0.2) is 15.8 Å². The maximum atomic E-state index is 5.44. The molecule has 2 heterocycles. The molecule has 108 valence electrons. The second-order valence-electron chi connectivity index (χ2n) is 5.27. The lowest BCUT2D eigenvalue weighted by molar-refractivity contribution is 0.568. The number of aromatic nitrogens is 2. The Bertz CT molecular complexity index is 528. The molecule has 0 unspecified atom stereocenters. The number of rotatable bonds is 6. The Hall–Kier alpha value is -1.66. The smallest absolute Gasteiger partial charge is 0.145 e. The molecule has 2 aromatic heterocycles. The Morgan fingerprint density at radius 3 is 2.65 bits per heavy atom. The van der Waals surface area contributed by atoms with Crippen LogP contribution in [0, 0.1) is 0 Å². The molecule has 6 heteroatoms. The number of nitrogens with two attached hydrogens (primary N) is 1. The molecule has 0 spiro atoms. The van der Waals surface area contributed by atoms with Crippen molar-refractivity contribution < 1.29 is 0 Å². The first-order valence-corrected chi connectivity index (χ1v) is 7.55. The van der Waals surface area contributed by atoms with Gasteiger partial charge in [-0.1, -0.05) is 26.8 Å². The second kappa shape index (κ2) is 6.19. The van der Waals surface area contributed by atoms with Gasteiger partial charge in [0.05, 0.1) is 0 Å². The molecule has 0 aliphatic rings. The van der Waals surface area contributed by atoms with Gasteiger partial charge in [-0.3, -0.25) is 0 Å². The van der Waals surface area contributed by atoms with Gasteiger partial charge in [0.2, 0.25) is 0 Å². The van der Waals surface area contributed by atoms with Gasteiger partial charge in [0.25, 0.3) is 0 Å². The fourth-order valence-corrected chi connectivity index (χ4v) is 2.73. The van der Waals surface area contributed by atoms with Gasteiger partial charge in [0.1, 0.15) is 17.5 Å². The molecule has 2 aromatic rings. The summed E-state index contributed by atoms with van der Waals surface area (Å²) in [6.45, 7) is 7.26. The number of hydrazine groups is 1. The summed E-state index contributed by atoms with van der Waals surface area (Å²) in [4.78, 5) is 10.1. The summed E-state index contributed by atoms with van der Waals surface area (Å²) in [5.41, 5.74) is 2.64. The van der Waals surface area contributed by atoms with E-state index in [1.165, 1.54) is 4.88 Å². The summed E-state index contributed by atoms with van der Waals surface area (Å²) < 4.78 is 0. The van der Waals surface area contributed by atoms with Crippen LogP contribution in [-0.4, -0.2) is 16.5 Å². The lowest BCUT2D eigenvalue weighted by Crippen LogP contribution is -2.27. The normalized spacial score (nSPS) is 11.4. The standard InChI is InChI=1S/C14H21N5S/c1-4-11-17-12(8-13(18-11)19-15)16-9-14(2,3)10-6-5-7-20-10/h5-8H,4,9,15H2,1-3H3,(H2,16,17,18,19). The van der Waals surface area contributed by atoms with E-state index in [2.05, 4.69) is 52.1 Å². The summed E-state index contributed by atoms with van der Waals surface area (Å²) in [6, 6.07) is 6.07. The predicted molar refractivity (Wildman–Crippen MR) is 85.1 cm³/mol. The van der Waals surface area contributed by atoms with Crippen molar-refractivity contribution in [2.24, 2.45) is 5.84 Å². The van der Waals surface area contributed by atoms with E-state index in [0.717, 1.165) is 24.6 Å². The third kappa shape index (κ3) is 3.46. The van der Waals surface area contributed by atoms with Crippen LogP contribution in [0.4, 0.5) is 11.6 Å². The van der Waals surface area contributed by atoms with Crippen molar-refractivity contribution in [2.75, 3.05) is 17.3 Å². The highest BCUT2D eigenvalue weighted by Gasteiger charge is 2.21. The molecule has 2 rings (SSSR count). The molecule has 0 aliphatic heterocycles. The molecular formula is C14H21N5S. The molecule has 0 radical (unpaired) electrons. The molecule has 0 saturated carbocycles. The minimum atomic E-state index is 0.0573. The maximum Gasteiger partial charge on any atom is 0.145 e. The Morgan fingerprint density at radius 1 is 1.30 bits per heavy atom. The summed E-state index contributed by atoms with van der Waals surface area (Å²) >= 11 is 1.78. The van der Waals surface area contributed by atoms with E-state index < -0.39 is 0 Å². The van der Waals surface area contributed by atoms with Gasteiger partial charge < -0.3 is 10.7 Å². The fourth-order valence-electron chi connectivity index (χ4n) is 1.88. The molecule has 0 fully saturated rings. The average Bonchev–Trinajstić information content (AvgIpc) is 3.00. The quantitative estimate of drug-likeness (QED) is 0.563. The van der Waals surface area contributed by atoms with Crippen LogP contribution in [0.5, 0.6) is 0 Å². The molecule has 0 atom stereocenters. The molecule has 20 heavy (non-hydrogen) atoms. The Labute approximate surface area is 123 Å². The number of nitrogen functional groups attached to an aromatic ring is 1. The summed E-state index contributed by atoms with van der Waals surface area (Å²) in [5.74, 6) is 7.64. The van der Waals surface area contributed by atoms with Crippen LogP contribution in [0.1, 0.15) is 31.5 Å². The molecule has 0 aliphatic carbocycles. The first-order chi connectivity index (χ1) is 9.55. The maximum absolute atomic E-state index is 5.44. The van der Waals surface area contributed by atoms with Gasteiger partial charge >= 0.3 is 0 Å². The van der Waals surface area contributed by atoms with Crippen molar-refractivity contribution >= 4 is 23.0 Å². The van der Waals surface area contributed by atoms with Crippen molar-refractivity contribution in [3.8, 4) is 0 Å². The number of nitrogens with zero attached hydrogens (tertiary/aromatic N) is 2. The van der Waals surface area contributed by atoms with Crippen LogP contribution in [0.15, 0.2) is 23.6 Å². The van der Waals surface area contributed by atoms with Crippen LogP contribution >= 0.6 is 11.3 Å². The average molecular weight is 291 g/mol. The highest BCUT2D eigenvalue weighted by atomic mass is 32.1. The van der Waals surface area contributed by atoms with Crippen molar-refractivity contribution in [3.05, 3.63) is 34.3 Å². The minimum Gasteiger partial charge on any atom is -0.369 e. The van der Waals surface area contributed by atoms with E-state index >= 15 is 0 Å². The van der Waals surface area contributed by atoms with Gasteiger partial charge in [0, 0.05) is 29.3 Å². The lowest BCUT2D eigenvalue weighted by Gasteiger charge is -2.24. The molecular weight excluding hydrogens is 270 g/mol. The molecule has 0 bridgehead atoms. The zero-order valence-corrected chi connectivity index (χ0v) is 12.9. The number of anilines is 2. The van der Waals surface area contributed by atoms with Crippen LogP contribution in [0.25, 0.3) is 0 Å². The highest BCUT2D eigenvalue weighted by Crippen LogP contribution is 2.27. The van der Waals surface area contributed by atoms with Crippen LogP contribution < -0.4 is 16.6 Å². The van der Waals surface area contributed by atoms with Gasteiger partial charge in [-0.15, -0.1) is 11.3 Å². The SMILES string of the molecule is CCc1nc(NN)cc(NCC(C)(C)c2cccs2)n1. The van der Waals surface area contributed by atoms with E-state index in [9.17, 15) is 0 Å². The molecule has 5 nitrogen and oxygen atoms in total. The highest BCUT2D eigenvalue weighted by molar-refractivity contribution is 7.10. The first-order valence-electron chi connectivity index (χ1n) is 6.67. The molecule has 0 saturated heterocycles. The summed E-state index contributed by atoms with van der Waals surface area (Å²) in [5, 5.41) is 5.49. The van der Waals surface area contributed by atoms with Gasteiger partial charge in [-0.2, -0.15) is 0 Å². The zero-order chi connectivity index (χ0) is 14.6. The molecule has 0 aromatic carbocycles. The van der Waals surface area contributed by atoms with E-state index in [4.69, 9.17) is 5.84 Å². The third-order valence-corrected chi connectivity index (χ3v) is 4.37. The second-order valence-corrected chi connectivity index (χ2v) is 6.21. The van der Waals surface area contributed by atoms with Crippen molar-refractivity contribution in [1.82, 2.24) is 9.97 Å². The van der Waals surface area contributed by atoms with Crippen molar-refractivity contribution in [1.29, 1.82) is 0 Å². The van der Waals surface area contributed by atoms with E-state index in [-0.39, 0.29) is 5.41 Å². The van der Waals surface area contributed by atoms with Crippen LogP contribution in [0.2, 0.25) is 0 Å². The lowest BCUT2D eigenvalue weighted by atomic mass is 9.91. The van der Waals surface area contributed by atoms with E-state index in [1.807, 2.05) is 13.0 Å².